The lowest BCUT2D eigenvalue weighted by atomic mass is 10.0. The molecule has 1 aromatic carbocycles. The van der Waals surface area contributed by atoms with Crippen LogP contribution in [0.5, 0.6) is 5.75 Å². The van der Waals surface area contributed by atoms with Gasteiger partial charge < -0.3 is 4.74 Å². The van der Waals surface area contributed by atoms with Gasteiger partial charge in [-0.25, -0.2) is 5.43 Å². The second kappa shape index (κ2) is 6.79. The minimum atomic E-state index is -0.294. The Morgan fingerprint density at radius 2 is 2.14 bits per heavy atom. The lowest BCUT2D eigenvalue weighted by Gasteiger charge is -2.22. The summed E-state index contributed by atoms with van der Waals surface area (Å²) in [7, 11) is 1.62. The lowest BCUT2D eigenvalue weighted by molar-refractivity contribution is 0.394. The van der Waals surface area contributed by atoms with E-state index in [1.54, 1.807) is 13.3 Å². The van der Waals surface area contributed by atoms with Gasteiger partial charge in [-0.05, 0) is 37.6 Å². The summed E-state index contributed by atoms with van der Waals surface area (Å²) in [4.78, 5) is 0. The van der Waals surface area contributed by atoms with Crippen molar-refractivity contribution in [3.8, 4) is 5.75 Å². The van der Waals surface area contributed by atoms with Crippen molar-refractivity contribution < 1.29 is 4.74 Å². The number of ether oxygens (including phenoxy) is 1. The molecule has 2 rings (SSSR count). The van der Waals surface area contributed by atoms with Crippen LogP contribution in [-0.4, -0.2) is 16.9 Å². The molecule has 0 spiro atoms. The Balaban J connectivity index is 2.61. The average Bonchev–Trinajstić information content (AvgIpc) is 2.87. The Kier molecular flexibility index (Phi) is 5.27. The second-order valence-corrected chi connectivity index (χ2v) is 6.19. The Bertz CT molecular complexity index is 629. The van der Waals surface area contributed by atoms with E-state index in [2.05, 4.69) is 40.3 Å². The molecule has 0 saturated carbocycles. The third kappa shape index (κ3) is 3.23. The van der Waals surface area contributed by atoms with Gasteiger partial charge in [-0.3, -0.25) is 10.5 Å². The molecule has 0 aliphatic rings. The van der Waals surface area contributed by atoms with Gasteiger partial charge in [0.2, 0.25) is 0 Å². The Hall–Kier alpha value is -1.08. The first-order valence-electron chi connectivity index (χ1n) is 6.52. The molecule has 0 amide bonds. The molecule has 0 fully saturated rings. The molecule has 21 heavy (non-hydrogen) atoms. The molecule has 1 atom stereocenters. The fraction of sp³-hybridized carbons (Fsp3) is 0.357. The average molecular weight is 374 g/mol. The number of hydrogen-bond acceptors (Lipinski definition) is 4. The number of nitrogens with one attached hydrogen (secondary N) is 1. The van der Waals surface area contributed by atoms with Crippen LogP contribution < -0.4 is 16.0 Å². The molecule has 1 unspecified atom stereocenters. The first-order chi connectivity index (χ1) is 9.99. The number of rotatable bonds is 5. The lowest BCUT2D eigenvalue weighted by Crippen LogP contribution is -2.31. The number of hydrazine groups is 1. The quantitative estimate of drug-likeness (QED) is 0.622. The highest BCUT2D eigenvalue weighted by Crippen LogP contribution is 2.35. The summed E-state index contributed by atoms with van der Waals surface area (Å²) in [5, 5.41) is 5.02. The van der Waals surface area contributed by atoms with E-state index in [-0.39, 0.29) is 12.1 Å². The van der Waals surface area contributed by atoms with Crippen molar-refractivity contribution in [2.24, 2.45) is 5.84 Å². The molecule has 7 heteroatoms. The van der Waals surface area contributed by atoms with E-state index in [1.165, 1.54) is 0 Å². The Labute approximate surface area is 137 Å². The number of halogens is 2. The van der Waals surface area contributed by atoms with E-state index >= 15 is 0 Å². The zero-order chi connectivity index (χ0) is 15.6. The van der Waals surface area contributed by atoms with Crippen molar-refractivity contribution >= 4 is 27.5 Å². The standard InChI is InChI=1S/C14H18BrClN4O/c1-8(2)20-14(12(21-3)7-18-20)13(19-17)10-6-9(16)4-5-11(10)15/h4-8,13,19H,17H2,1-3H3. The first kappa shape index (κ1) is 16.3. The molecule has 0 bridgehead atoms. The van der Waals surface area contributed by atoms with Crippen molar-refractivity contribution in [3.05, 3.63) is 45.1 Å². The van der Waals surface area contributed by atoms with Gasteiger partial charge >= 0.3 is 0 Å². The predicted octanol–water partition coefficient (Wildman–Crippen LogP) is 3.44. The van der Waals surface area contributed by atoms with Crippen molar-refractivity contribution in [1.82, 2.24) is 15.2 Å². The number of nitrogens with zero attached hydrogens (tertiary/aromatic N) is 2. The largest absolute Gasteiger partial charge is 0.493 e. The highest BCUT2D eigenvalue weighted by atomic mass is 79.9. The van der Waals surface area contributed by atoms with E-state index < -0.39 is 0 Å². The van der Waals surface area contributed by atoms with Crippen LogP contribution >= 0.6 is 27.5 Å². The summed E-state index contributed by atoms with van der Waals surface area (Å²) < 4.78 is 8.22. The van der Waals surface area contributed by atoms with Gasteiger partial charge in [0.15, 0.2) is 5.75 Å². The molecule has 1 heterocycles. The van der Waals surface area contributed by atoms with Crippen LogP contribution in [0.4, 0.5) is 0 Å². The van der Waals surface area contributed by atoms with Crippen LogP contribution in [0, 0.1) is 0 Å². The van der Waals surface area contributed by atoms with Crippen LogP contribution in [0.1, 0.15) is 37.2 Å². The molecule has 5 nitrogen and oxygen atoms in total. The van der Waals surface area contributed by atoms with Crippen LogP contribution in [-0.2, 0) is 0 Å². The second-order valence-electron chi connectivity index (χ2n) is 4.90. The maximum Gasteiger partial charge on any atom is 0.161 e. The zero-order valence-corrected chi connectivity index (χ0v) is 14.4. The van der Waals surface area contributed by atoms with Crippen LogP contribution in [0.2, 0.25) is 5.02 Å². The van der Waals surface area contributed by atoms with E-state index in [0.29, 0.717) is 10.8 Å². The van der Waals surface area contributed by atoms with Crippen LogP contribution in [0.3, 0.4) is 0 Å². The molecule has 114 valence electrons. The number of nitrogens with two attached hydrogens (primary N) is 1. The minimum Gasteiger partial charge on any atom is -0.493 e. The number of aromatic nitrogens is 2. The maximum atomic E-state index is 6.11. The Morgan fingerprint density at radius 3 is 2.71 bits per heavy atom. The summed E-state index contributed by atoms with van der Waals surface area (Å²) >= 11 is 9.65. The topological polar surface area (TPSA) is 65.1 Å². The summed E-state index contributed by atoms with van der Waals surface area (Å²) in [6.07, 6.45) is 1.69. The summed E-state index contributed by atoms with van der Waals surface area (Å²) in [5.74, 6) is 6.48. The van der Waals surface area contributed by atoms with Crippen LogP contribution in [0.15, 0.2) is 28.9 Å². The van der Waals surface area contributed by atoms with E-state index in [4.69, 9.17) is 22.2 Å². The number of benzene rings is 1. The van der Waals surface area contributed by atoms with Crippen molar-refractivity contribution in [3.63, 3.8) is 0 Å². The summed E-state index contributed by atoms with van der Waals surface area (Å²) in [6, 6.07) is 5.47. The molecule has 0 aliphatic heterocycles. The van der Waals surface area contributed by atoms with Gasteiger partial charge in [-0.2, -0.15) is 5.10 Å². The van der Waals surface area contributed by atoms with Gasteiger partial charge in [0.25, 0.3) is 0 Å². The SMILES string of the molecule is COc1cnn(C(C)C)c1C(NN)c1cc(Cl)ccc1Br. The number of hydrogen-bond donors (Lipinski definition) is 2. The first-order valence-corrected chi connectivity index (χ1v) is 7.69. The molecular formula is C14H18BrClN4O. The van der Waals surface area contributed by atoms with Gasteiger partial charge in [-0.15, -0.1) is 0 Å². The fourth-order valence-corrected chi connectivity index (χ4v) is 2.91. The molecule has 0 aliphatic carbocycles. The highest BCUT2D eigenvalue weighted by Gasteiger charge is 2.25. The van der Waals surface area contributed by atoms with Crippen molar-refractivity contribution in [1.29, 1.82) is 0 Å². The van der Waals surface area contributed by atoms with Crippen molar-refractivity contribution in [2.75, 3.05) is 7.11 Å². The van der Waals surface area contributed by atoms with E-state index in [9.17, 15) is 0 Å². The van der Waals surface area contributed by atoms with Gasteiger partial charge in [0.1, 0.15) is 5.69 Å². The van der Waals surface area contributed by atoms with E-state index in [1.807, 2.05) is 22.9 Å². The smallest absolute Gasteiger partial charge is 0.161 e. The monoisotopic (exact) mass is 372 g/mol. The van der Waals surface area contributed by atoms with Gasteiger partial charge in [-0.1, -0.05) is 27.5 Å². The molecule has 0 saturated heterocycles. The molecule has 1 aromatic heterocycles. The number of methoxy groups -OCH3 is 1. The molecule has 3 N–H and O–H groups in total. The van der Waals surface area contributed by atoms with Gasteiger partial charge in [0.05, 0.1) is 19.3 Å². The van der Waals surface area contributed by atoms with Crippen molar-refractivity contribution in [2.45, 2.75) is 25.9 Å². The molecule has 2 aromatic rings. The molecular weight excluding hydrogens is 356 g/mol. The zero-order valence-electron chi connectivity index (χ0n) is 12.1. The third-order valence-corrected chi connectivity index (χ3v) is 4.17. The summed E-state index contributed by atoms with van der Waals surface area (Å²) in [6.45, 7) is 4.10. The van der Waals surface area contributed by atoms with Crippen LogP contribution in [0.25, 0.3) is 0 Å². The Morgan fingerprint density at radius 1 is 1.43 bits per heavy atom. The van der Waals surface area contributed by atoms with Gasteiger partial charge in [0, 0.05) is 15.5 Å². The third-order valence-electron chi connectivity index (χ3n) is 3.22. The molecule has 0 radical (unpaired) electrons. The maximum absolute atomic E-state index is 6.11. The minimum absolute atomic E-state index is 0.178. The normalized spacial score (nSPS) is 12.7. The predicted molar refractivity (Wildman–Crippen MR) is 87.5 cm³/mol. The summed E-state index contributed by atoms with van der Waals surface area (Å²) in [5.41, 5.74) is 4.61. The fourth-order valence-electron chi connectivity index (χ4n) is 2.25. The highest BCUT2D eigenvalue weighted by molar-refractivity contribution is 9.10. The van der Waals surface area contributed by atoms with E-state index in [0.717, 1.165) is 15.7 Å².